The second-order valence-corrected chi connectivity index (χ2v) is 8.70. The van der Waals surface area contributed by atoms with Gasteiger partial charge in [0.15, 0.2) is 0 Å². The van der Waals surface area contributed by atoms with E-state index in [0.717, 1.165) is 0 Å². The average molecular weight is 575 g/mol. The molecule has 3 rings (SSSR count). The van der Waals surface area contributed by atoms with Crippen molar-refractivity contribution in [3.63, 3.8) is 0 Å². The highest BCUT2D eigenvalue weighted by molar-refractivity contribution is 5.84. The smallest absolute Gasteiger partial charge is 0.00891 e. The van der Waals surface area contributed by atoms with E-state index in [-0.39, 0.29) is 0 Å². The van der Waals surface area contributed by atoms with Crippen molar-refractivity contribution in [2.45, 2.75) is 192 Å². The molecule has 2 aromatic carbocycles. The van der Waals surface area contributed by atoms with E-state index in [2.05, 4.69) is 69.2 Å². The molecule has 0 N–H and O–H groups in total. The quantitative estimate of drug-likeness (QED) is 0.318. The lowest BCUT2D eigenvalue weighted by Crippen LogP contribution is -2.22. The van der Waals surface area contributed by atoms with Crippen LogP contribution in [0.3, 0.4) is 0 Å². The van der Waals surface area contributed by atoms with E-state index in [1.807, 2.05) is 111 Å². The van der Waals surface area contributed by atoms with Crippen LogP contribution >= 0.6 is 0 Å². The van der Waals surface area contributed by atoms with Crippen molar-refractivity contribution in [3.8, 4) is 11.1 Å². The van der Waals surface area contributed by atoms with Gasteiger partial charge in [0, 0.05) is 0 Å². The predicted molar refractivity (Wildman–Crippen MR) is 202 cm³/mol. The summed E-state index contributed by atoms with van der Waals surface area (Å²) in [7, 11) is 0. The molecule has 0 fully saturated rings. The Morgan fingerprint density at radius 1 is 0.366 bits per heavy atom. The molecule has 0 bridgehead atoms. The third-order valence-corrected chi connectivity index (χ3v) is 7.40. The Bertz CT molecular complexity index is 878. The fourth-order valence-corrected chi connectivity index (χ4v) is 5.00. The molecule has 2 aromatic rings. The highest BCUT2D eigenvalue weighted by Crippen LogP contribution is 2.50. The molecule has 0 amide bonds. The fraction of sp³-hybridized carbons (Fsp3) is 0.707. The number of hydrogen-bond donors (Lipinski definition) is 0. The van der Waals surface area contributed by atoms with Crippen LogP contribution in [0.4, 0.5) is 0 Å². The van der Waals surface area contributed by atoms with Crippen molar-refractivity contribution in [2.24, 2.45) is 5.92 Å². The van der Waals surface area contributed by atoms with Gasteiger partial charge >= 0.3 is 0 Å². The fourth-order valence-electron chi connectivity index (χ4n) is 5.00. The van der Waals surface area contributed by atoms with Crippen LogP contribution in [0.25, 0.3) is 11.1 Å². The first kappa shape index (κ1) is 52.1. The van der Waals surface area contributed by atoms with Crippen molar-refractivity contribution in [2.75, 3.05) is 0 Å². The lowest BCUT2D eigenvalue weighted by Gasteiger charge is -2.37. The number of fused-ring (bicyclic) bond motifs is 3. The minimum absolute atomic E-state index is 0.626. The van der Waals surface area contributed by atoms with Gasteiger partial charge in [0.2, 0.25) is 0 Å². The van der Waals surface area contributed by atoms with Gasteiger partial charge in [-0.1, -0.05) is 125 Å². The van der Waals surface area contributed by atoms with Gasteiger partial charge in [-0.05, 0) is 140 Å². The highest BCUT2D eigenvalue weighted by atomic mass is 14.4. The molecule has 0 aromatic heterocycles. The number of benzene rings is 2. The van der Waals surface area contributed by atoms with E-state index >= 15 is 0 Å². The maximum absolute atomic E-state index is 2.40. The van der Waals surface area contributed by atoms with Crippen molar-refractivity contribution < 1.29 is 0 Å². The number of rotatable bonds is 1. The second kappa shape index (κ2) is 31.4. The van der Waals surface area contributed by atoms with Gasteiger partial charge in [-0.2, -0.15) is 0 Å². The first-order chi connectivity index (χ1) is 19.6. The Hall–Kier alpha value is -1.56. The summed E-state index contributed by atoms with van der Waals surface area (Å²) in [4.78, 5) is 0. The van der Waals surface area contributed by atoms with Crippen molar-refractivity contribution in [1.82, 2.24) is 0 Å². The Labute approximate surface area is 264 Å². The molecule has 0 aliphatic heterocycles. The Morgan fingerprint density at radius 2 is 0.634 bits per heavy atom. The molecule has 1 aliphatic rings. The molecule has 41 heavy (non-hydrogen) atoms. The van der Waals surface area contributed by atoms with Crippen LogP contribution in [0.5, 0.6) is 0 Å². The third-order valence-electron chi connectivity index (χ3n) is 7.40. The van der Waals surface area contributed by atoms with E-state index < -0.39 is 0 Å². The van der Waals surface area contributed by atoms with Gasteiger partial charge in [-0.15, -0.1) is 0 Å². The van der Waals surface area contributed by atoms with Crippen molar-refractivity contribution in [3.05, 3.63) is 55.6 Å². The maximum atomic E-state index is 2.40. The molecule has 1 atom stereocenters. The SMILES string of the molecule is CC.CC.CC.CC.CC.CC.CC.CC.Cc1c(C)c(C)c2c(c1C)CC(C(C)C)c1c(C)c(C)c(C)c(C)c1-2. The van der Waals surface area contributed by atoms with Crippen molar-refractivity contribution in [1.29, 1.82) is 0 Å². The van der Waals surface area contributed by atoms with Crippen molar-refractivity contribution >= 4 is 0 Å². The molecule has 0 radical (unpaired) electrons. The van der Waals surface area contributed by atoms with E-state index in [1.54, 1.807) is 22.3 Å². The summed E-state index contributed by atoms with van der Waals surface area (Å²) >= 11 is 0. The molecule has 1 aliphatic carbocycles. The summed E-state index contributed by atoms with van der Waals surface area (Å²) in [5.74, 6) is 1.29. The topological polar surface area (TPSA) is 0 Å². The Morgan fingerprint density at radius 3 is 0.951 bits per heavy atom. The maximum Gasteiger partial charge on any atom is -0.00891 e. The molecule has 0 saturated heterocycles. The average Bonchev–Trinajstić information content (AvgIpc) is 3.07. The van der Waals surface area contributed by atoms with E-state index in [1.165, 1.54) is 50.9 Å². The van der Waals surface area contributed by atoms with Gasteiger partial charge in [0.1, 0.15) is 0 Å². The summed E-state index contributed by atoms with van der Waals surface area (Å²) in [6.45, 7) is 55.4. The van der Waals surface area contributed by atoms with Gasteiger partial charge in [0.25, 0.3) is 0 Å². The summed E-state index contributed by atoms with van der Waals surface area (Å²) in [5, 5.41) is 0. The Balaban J connectivity index is -0.000000166. The zero-order valence-electron chi connectivity index (χ0n) is 33.9. The zero-order chi connectivity index (χ0) is 34.8. The first-order valence-electron chi connectivity index (χ1n) is 17.8. The summed E-state index contributed by atoms with van der Waals surface area (Å²) in [6.07, 6.45) is 1.19. The van der Waals surface area contributed by atoms with Gasteiger partial charge in [-0.3, -0.25) is 0 Å². The minimum atomic E-state index is 0.626. The third kappa shape index (κ3) is 13.1. The summed E-state index contributed by atoms with van der Waals surface area (Å²) < 4.78 is 0. The van der Waals surface area contributed by atoms with E-state index in [4.69, 9.17) is 0 Å². The van der Waals surface area contributed by atoms with Gasteiger partial charge < -0.3 is 0 Å². The molecule has 0 nitrogen and oxygen atoms in total. The lowest BCUT2D eigenvalue weighted by molar-refractivity contribution is 0.488. The van der Waals surface area contributed by atoms with Crippen LogP contribution in [0, 0.1) is 61.3 Å². The largest absolute Gasteiger partial charge is 0.0683 e. The van der Waals surface area contributed by atoms with Crippen LogP contribution < -0.4 is 0 Å². The van der Waals surface area contributed by atoms with Crippen LogP contribution in [-0.4, -0.2) is 0 Å². The minimum Gasteiger partial charge on any atom is -0.0683 e. The van der Waals surface area contributed by atoms with Crippen LogP contribution in [0.1, 0.15) is 186 Å². The first-order valence-corrected chi connectivity index (χ1v) is 17.8. The molecule has 0 heteroatoms. The van der Waals surface area contributed by atoms with Crippen LogP contribution in [0.15, 0.2) is 0 Å². The molecule has 1 unspecified atom stereocenters. The van der Waals surface area contributed by atoms with Gasteiger partial charge in [0.05, 0.1) is 0 Å². The second-order valence-electron chi connectivity index (χ2n) is 8.70. The van der Waals surface area contributed by atoms with Crippen LogP contribution in [-0.2, 0) is 6.42 Å². The standard InChI is InChI=1S/C25H34.8C2H6/c1-12(2)21-11-22-17(7)13(3)14(4)19(9)24(22)25-20(10)16(6)15(5)18(8)23(21)25;8*1-2/h12,21H,11H2,1-10H3;8*1-2H3. The normalized spacial score (nSPS) is 11.0. The molecular formula is C41H82. The van der Waals surface area contributed by atoms with Crippen LogP contribution in [0.2, 0.25) is 0 Å². The monoisotopic (exact) mass is 575 g/mol. The predicted octanol–water partition coefficient (Wildman–Crippen LogP) is 15.3. The van der Waals surface area contributed by atoms with Gasteiger partial charge in [-0.25, -0.2) is 0 Å². The number of hydrogen-bond acceptors (Lipinski definition) is 0. The lowest BCUT2D eigenvalue weighted by atomic mass is 9.67. The highest BCUT2D eigenvalue weighted by Gasteiger charge is 2.33. The molecule has 0 spiro atoms. The molecule has 0 heterocycles. The molecular weight excluding hydrogens is 492 g/mol. The Kier molecular flexibility index (Phi) is 39.9. The zero-order valence-corrected chi connectivity index (χ0v) is 33.9. The van der Waals surface area contributed by atoms with E-state index in [0.29, 0.717) is 11.8 Å². The van der Waals surface area contributed by atoms with E-state index in [9.17, 15) is 0 Å². The molecule has 0 saturated carbocycles. The molecule has 246 valence electrons. The summed E-state index contributed by atoms with van der Waals surface area (Å²) in [6, 6.07) is 0. The summed E-state index contributed by atoms with van der Waals surface area (Å²) in [5.41, 5.74) is 18.3.